The van der Waals surface area contributed by atoms with Gasteiger partial charge in [-0.25, -0.2) is 0 Å². The summed E-state index contributed by atoms with van der Waals surface area (Å²) in [6.45, 7) is 5.73. The molecule has 5 nitrogen and oxygen atoms in total. The summed E-state index contributed by atoms with van der Waals surface area (Å²) in [6.07, 6.45) is 0.481. The number of halogens is 1. The quantitative estimate of drug-likeness (QED) is 0.884. The van der Waals surface area contributed by atoms with Crippen LogP contribution in [0.25, 0.3) is 11.5 Å². The molecule has 1 heterocycles. The van der Waals surface area contributed by atoms with Crippen molar-refractivity contribution in [3.63, 3.8) is 0 Å². The Kier molecular flexibility index (Phi) is 4.46. The predicted molar refractivity (Wildman–Crippen MR) is 81.9 cm³/mol. The van der Waals surface area contributed by atoms with E-state index < -0.39 is 11.4 Å². The lowest BCUT2D eigenvalue weighted by Crippen LogP contribution is -2.19. The zero-order chi connectivity index (χ0) is 15.6. The van der Waals surface area contributed by atoms with Gasteiger partial charge in [0.2, 0.25) is 11.8 Å². The van der Waals surface area contributed by atoms with Crippen molar-refractivity contribution >= 4 is 21.9 Å². The molecule has 0 spiro atoms. The molecule has 0 aliphatic heterocycles. The number of aryl methyl sites for hydroxylation is 1. The number of carboxylic acid groups (broad SMARTS) is 1. The van der Waals surface area contributed by atoms with Crippen molar-refractivity contribution in [3.8, 4) is 11.5 Å². The number of aromatic nitrogens is 2. The molecule has 0 unspecified atom stereocenters. The molecule has 0 fully saturated rings. The van der Waals surface area contributed by atoms with Crippen molar-refractivity contribution < 1.29 is 14.3 Å². The van der Waals surface area contributed by atoms with E-state index in [1.165, 1.54) is 0 Å². The van der Waals surface area contributed by atoms with Crippen LogP contribution in [0.1, 0.15) is 31.7 Å². The Labute approximate surface area is 131 Å². The molecule has 0 amide bonds. The average molecular weight is 353 g/mol. The fraction of sp³-hybridized carbons (Fsp3) is 0.400. The molecule has 1 N–H and O–H groups in total. The molecule has 0 atom stereocenters. The molecule has 2 rings (SSSR count). The second kappa shape index (κ2) is 5.97. The van der Waals surface area contributed by atoms with E-state index in [-0.39, 0.29) is 6.42 Å². The van der Waals surface area contributed by atoms with Crippen molar-refractivity contribution in [2.75, 3.05) is 0 Å². The van der Waals surface area contributed by atoms with Crippen LogP contribution in [0.3, 0.4) is 0 Å². The van der Waals surface area contributed by atoms with Crippen LogP contribution in [-0.4, -0.2) is 21.3 Å². The van der Waals surface area contributed by atoms with E-state index >= 15 is 0 Å². The molecule has 6 heteroatoms. The van der Waals surface area contributed by atoms with Crippen molar-refractivity contribution in [3.05, 3.63) is 34.1 Å². The summed E-state index contributed by atoms with van der Waals surface area (Å²) >= 11 is 3.47. The number of aliphatic carboxylic acids is 1. The maximum atomic E-state index is 10.8. The molecular formula is C15H17BrN2O3. The monoisotopic (exact) mass is 352 g/mol. The highest BCUT2D eigenvalue weighted by molar-refractivity contribution is 9.10. The third-order valence-corrected chi connectivity index (χ3v) is 3.77. The van der Waals surface area contributed by atoms with Crippen molar-refractivity contribution in [2.24, 2.45) is 5.41 Å². The van der Waals surface area contributed by atoms with E-state index in [4.69, 9.17) is 9.52 Å². The second-order valence-corrected chi connectivity index (χ2v) is 6.75. The molecule has 0 saturated carbocycles. The molecule has 0 bridgehead atoms. The van der Waals surface area contributed by atoms with Gasteiger partial charge < -0.3 is 9.52 Å². The molecule has 112 valence electrons. The largest absolute Gasteiger partial charge is 0.481 e. The van der Waals surface area contributed by atoms with E-state index in [0.717, 1.165) is 15.6 Å². The highest BCUT2D eigenvalue weighted by atomic mass is 79.9. The molecule has 0 radical (unpaired) electrons. The number of benzene rings is 1. The van der Waals surface area contributed by atoms with Gasteiger partial charge in [-0.05, 0) is 40.4 Å². The smallest absolute Gasteiger partial charge is 0.303 e. The van der Waals surface area contributed by atoms with E-state index in [1.807, 2.05) is 39.0 Å². The Morgan fingerprint density at radius 3 is 2.76 bits per heavy atom. The van der Waals surface area contributed by atoms with Gasteiger partial charge >= 0.3 is 5.97 Å². The number of rotatable bonds is 5. The summed E-state index contributed by atoms with van der Waals surface area (Å²) in [5.41, 5.74) is 1.50. The maximum Gasteiger partial charge on any atom is 0.303 e. The number of hydrogen-bond acceptors (Lipinski definition) is 4. The summed E-state index contributed by atoms with van der Waals surface area (Å²) in [5.74, 6) is 0.0533. The van der Waals surface area contributed by atoms with Gasteiger partial charge in [-0.3, -0.25) is 4.79 Å². The van der Waals surface area contributed by atoms with Crippen molar-refractivity contribution in [2.45, 2.75) is 33.6 Å². The first kappa shape index (κ1) is 15.7. The lowest BCUT2D eigenvalue weighted by molar-refractivity contribution is -0.139. The molecule has 0 saturated heterocycles. The molecule has 2 aromatic rings. The second-order valence-electron chi connectivity index (χ2n) is 5.90. The molecule has 1 aromatic heterocycles. The van der Waals surface area contributed by atoms with Gasteiger partial charge in [0.25, 0.3) is 0 Å². The van der Waals surface area contributed by atoms with Gasteiger partial charge in [-0.1, -0.05) is 25.5 Å². The summed E-state index contributed by atoms with van der Waals surface area (Å²) in [7, 11) is 0. The SMILES string of the molecule is Cc1ccc(Br)c(-c2nnc(CC(C)(C)CC(=O)O)o2)c1. The maximum absolute atomic E-state index is 10.8. The standard InChI is InChI=1S/C15H17BrN2O3/c1-9-4-5-11(16)10(6-9)14-18-17-12(21-14)7-15(2,3)8-13(19)20/h4-6H,7-8H2,1-3H3,(H,19,20). The predicted octanol–water partition coefficient (Wildman–Crippen LogP) is 3.85. The summed E-state index contributed by atoms with van der Waals surface area (Å²) in [5, 5.41) is 17.0. The van der Waals surface area contributed by atoms with E-state index in [0.29, 0.717) is 18.2 Å². The molecule has 0 aliphatic carbocycles. The van der Waals surface area contributed by atoms with Crippen LogP contribution in [0.4, 0.5) is 0 Å². The van der Waals surface area contributed by atoms with Crippen LogP contribution in [0.15, 0.2) is 27.1 Å². The number of hydrogen-bond donors (Lipinski definition) is 1. The van der Waals surface area contributed by atoms with Gasteiger partial charge in [0.1, 0.15) is 0 Å². The van der Waals surface area contributed by atoms with Crippen LogP contribution in [-0.2, 0) is 11.2 Å². The van der Waals surface area contributed by atoms with E-state index in [9.17, 15) is 4.79 Å². The Morgan fingerprint density at radius 2 is 2.10 bits per heavy atom. The zero-order valence-electron chi connectivity index (χ0n) is 12.2. The Morgan fingerprint density at radius 1 is 1.38 bits per heavy atom. The minimum atomic E-state index is -0.832. The van der Waals surface area contributed by atoms with Crippen LogP contribution >= 0.6 is 15.9 Å². The average Bonchev–Trinajstić information content (AvgIpc) is 2.78. The first-order chi connectivity index (χ1) is 9.77. The lowest BCUT2D eigenvalue weighted by Gasteiger charge is -2.19. The molecular weight excluding hydrogens is 336 g/mol. The van der Waals surface area contributed by atoms with Crippen molar-refractivity contribution in [1.29, 1.82) is 0 Å². The minimum absolute atomic E-state index is 0.0544. The number of nitrogens with zero attached hydrogens (tertiary/aromatic N) is 2. The summed E-state index contributed by atoms with van der Waals surface area (Å²) < 4.78 is 6.56. The Bertz CT molecular complexity index is 665. The van der Waals surface area contributed by atoms with Gasteiger partial charge in [-0.2, -0.15) is 0 Å². The highest BCUT2D eigenvalue weighted by Gasteiger charge is 2.25. The summed E-state index contributed by atoms with van der Waals surface area (Å²) in [6, 6.07) is 5.88. The summed E-state index contributed by atoms with van der Waals surface area (Å²) in [4.78, 5) is 10.8. The third-order valence-electron chi connectivity index (χ3n) is 3.08. The minimum Gasteiger partial charge on any atom is -0.481 e. The Balaban J connectivity index is 2.22. The zero-order valence-corrected chi connectivity index (χ0v) is 13.8. The highest BCUT2D eigenvalue weighted by Crippen LogP contribution is 2.30. The third kappa shape index (κ3) is 4.14. The normalized spacial score (nSPS) is 11.6. The molecule has 21 heavy (non-hydrogen) atoms. The molecule has 1 aromatic carbocycles. The number of carboxylic acids is 1. The Hall–Kier alpha value is -1.69. The van der Waals surface area contributed by atoms with Gasteiger partial charge in [0.15, 0.2) is 0 Å². The van der Waals surface area contributed by atoms with Gasteiger partial charge in [-0.15, -0.1) is 10.2 Å². The van der Waals surface area contributed by atoms with E-state index in [1.54, 1.807) is 0 Å². The van der Waals surface area contributed by atoms with Crippen molar-refractivity contribution in [1.82, 2.24) is 10.2 Å². The lowest BCUT2D eigenvalue weighted by atomic mass is 9.86. The van der Waals surface area contributed by atoms with Gasteiger partial charge in [0, 0.05) is 10.9 Å². The van der Waals surface area contributed by atoms with Crippen LogP contribution in [0, 0.1) is 12.3 Å². The van der Waals surface area contributed by atoms with Crippen LogP contribution in [0.5, 0.6) is 0 Å². The van der Waals surface area contributed by atoms with Crippen LogP contribution in [0.2, 0.25) is 0 Å². The fourth-order valence-corrected chi connectivity index (χ4v) is 2.53. The number of carbonyl (C=O) groups is 1. The fourth-order valence-electron chi connectivity index (χ4n) is 2.12. The van der Waals surface area contributed by atoms with Crippen LogP contribution < -0.4 is 0 Å². The molecule has 0 aliphatic rings. The topological polar surface area (TPSA) is 76.2 Å². The van der Waals surface area contributed by atoms with E-state index in [2.05, 4.69) is 26.1 Å². The first-order valence-electron chi connectivity index (χ1n) is 6.57. The van der Waals surface area contributed by atoms with Gasteiger partial charge in [0.05, 0.1) is 12.0 Å². The first-order valence-corrected chi connectivity index (χ1v) is 7.37.